The summed E-state index contributed by atoms with van der Waals surface area (Å²) in [7, 11) is -22.6. The van der Waals surface area contributed by atoms with Crippen molar-refractivity contribution in [1.29, 1.82) is 0 Å². The number of carbonyl (C=O) groups excluding carboxylic acids is 6. The Bertz CT molecular complexity index is 6220. The minimum atomic E-state index is -3.92. The number of nitrogens with zero attached hydrogens (tertiary/aromatic N) is 18. The van der Waals surface area contributed by atoms with Crippen LogP contribution < -0.4 is 31.9 Å². The summed E-state index contributed by atoms with van der Waals surface area (Å²) in [4.78, 5) is 71.2. The van der Waals surface area contributed by atoms with E-state index in [0.717, 1.165) is 78.4 Å². The van der Waals surface area contributed by atoms with Crippen molar-refractivity contribution < 1.29 is 101 Å². The fourth-order valence-corrected chi connectivity index (χ4v) is 12.5. The van der Waals surface area contributed by atoms with Crippen LogP contribution in [0.4, 0.5) is 56.1 Å². The molecule has 0 spiro atoms. The van der Waals surface area contributed by atoms with Crippen molar-refractivity contribution in [2.75, 3.05) is 69.4 Å². The van der Waals surface area contributed by atoms with E-state index in [0.29, 0.717) is 45.2 Å². The topological polar surface area (TPSA) is 564 Å². The number of hydrogen-bond acceptors (Lipinski definition) is 30. The number of benzene rings is 6. The second-order valence-electron chi connectivity index (χ2n) is 25.2. The Labute approximate surface area is 714 Å². The summed E-state index contributed by atoms with van der Waals surface area (Å²) in [5.74, 6) is -10.2. The van der Waals surface area contributed by atoms with Gasteiger partial charge in [0.15, 0.2) is 17.1 Å². The average Bonchev–Trinajstić information content (AvgIpc) is 1.64. The quantitative estimate of drug-likeness (QED) is 0.0463. The molecule has 6 heterocycles. The van der Waals surface area contributed by atoms with Gasteiger partial charge in [-0.05, 0) is 148 Å². The van der Waals surface area contributed by atoms with Gasteiger partial charge in [-0.15, -0.1) is 61.2 Å². The molecule has 12 aromatic rings. The second kappa shape index (κ2) is 40.0. The maximum Gasteiger partial charge on any atom is 0.281 e. The number of hydrogen-bond donors (Lipinski definition) is 6. The minimum Gasteiger partial charge on any atom is -0.319 e. The maximum atomic E-state index is 13.6. The highest BCUT2D eigenvalue weighted by Crippen LogP contribution is 2.28. The number of nitrogens with one attached hydrogen (secondary N) is 6. The molecule has 0 fully saturated rings. The van der Waals surface area contributed by atoms with Crippen LogP contribution >= 0.6 is 46.4 Å². The Balaban J connectivity index is 0.000000203. The number of amides is 6. The highest BCUT2D eigenvalue weighted by Gasteiger charge is 2.28. The van der Waals surface area contributed by atoms with Crippen molar-refractivity contribution in [3.8, 4) is 0 Å². The van der Waals surface area contributed by atoms with E-state index in [4.69, 9.17) is 46.4 Å². The molecular weight excluding hydrogens is 1850 g/mol. The highest BCUT2D eigenvalue weighted by atomic mass is 35.5. The summed E-state index contributed by atoms with van der Waals surface area (Å²) < 4.78 is 204. The summed E-state index contributed by atoms with van der Waals surface area (Å²) in [5.41, 5.74) is 3.36. The molecule has 0 aliphatic carbocycles. The summed E-state index contributed by atoms with van der Waals surface area (Å²) >= 11 is 23.8. The van der Waals surface area contributed by atoms with Gasteiger partial charge in [0.25, 0.3) is 113 Å². The van der Waals surface area contributed by atoms with E-state index in [1.165, 1.54) is 36.4 Å². The molecule has 123 heavy (non-hydrogen) atoms. The molecule has 6 aromatic heterocycles. The van der Waals surface area contributed by atoms with Crippen LogP contribution in [0.15, 0.2) is 128 Å². The van der Waals surface area contributed by atoms with Crippen LogP contribution in [0.3, 0.4) is 0 Å². The minimum absolute atomic E-state index is 0.0190. The van der Waals surface area contributed by atoms with Gasteiger partial charge < -0.3 is 31.9 Å². The zero-order chi connectivity index (χ0) is 92.1. The summed E-state index contributed by atoms with van der Waals surface area (Å²) in [6, 6.07) is 28.3. The van der Waals surface area contributed by atoms with Gasteiger partial charge >= 0.3 is 0 Å². The zero-order valence-electron chi connectivity index (χ0n) is 64.9. The summed E-state index contributed by atoms with van der Waals surface area (Å²) in [5, 5.41) is 55.5. The molecule has 0 aliphatic rings. The predicted octanol–water partition coefficient (Wildman–Crippen LogP) is 7.19. The fourth-order valence-electron chi connectivity index (χ4n) is 8.64. The van der Waals surface area contributed by atoms with Gasteiger partial charge in [-0.1, -0.05) is 108 Å². The maximum absolute atomic E-state index is 13.6. The van der Waals surface area contributed by atoms with Crippen molar-refractivity contribution in [3.05, 3.63) is 245 Å². The lowest BCUT2D eigenvalue weighted by molar-refractivity contribution is 0.100. The number of aromatic nitrogens is 18. The standard InChI is InChI=1S/2C11H10ClFN4O3S.2C11H11ClN4O3S.C11H10F2N4O3S.C11H11FN4O3S/c2*1-6-3-4-8(7(12)5-6)14-11(18)9-10(13)16-17(15-9)21(2,19)20;2*1-7-3-4-9(8(12)5-7)14-11(17)10-6-13-16(15-10)20(2,18)19;1-6-3-4-8(7(12)5-6)14-11(18)9-10(13)16-17(15-9)21(2,19)20;1-7-3-4-9(8(12)5-7)14-11(17)10-6-13-16(15-10)20(2,18)19/h2*3-5H,1-2H3,(H,14,18);2*3-6H,1-2H3,(H,14,17);3-5H,1-2H3,(H,14,18);3-6H,1-2H3,(H,14,17). The number of aryl methyl sites for hydroxylation is 6. The Morgan fingerprint density at radius 3 is 0.642 bits per heavy atom. The average molecular weight is 1910 g/mol. The molecule has 6 N–H and O–H groups in total. The third-order valence-corrected chi connectivity index (χ3v) is 20.3. The van der Waals surface area contributed by atoms with Crippen molar-refractivity contribution in [2.45, 2.75) is 41.5 Å². The van der Waals surface area contributed by atoms with E-state index in [9.17, 15) is 101 Å². The predicted molar refractivity (Wildman–Crippen MR) is 436 cm³/mol. The van der Waals surface area contributed by atoms with Crippen LogP contribution in [-0.2, 0) is 60.1 Å². The lowest BCUT2D eigenvalue weighted by Gasteiger charge is -2.06. The molecule has 42 nitrogen and oxygen atoms in total. The van der Waals surface area contributed by atoms with Crippen molar-refractivity contribution in [1.82, 2.24) is 86.4 Å². The van der Waals surface area contributed by atoms with Gasteiger partial charge in [-0.3, -0.25) is 28.8 Å². The van der Waals surface area contributed by atoms with Gasteiger partial charge in [0.2, 0.25) is 17.1 Å². The van der Waals surface area contributed by atoms with Crippen molar-refractivity contribution in [2.24, 2.45) is 0 Å². The van der Waals surface area contributed by atoms with E-state index in [1.807, 2.05) is 27.7 Å². The molecule has 654 valence electrons. The SMILES string of the molecule is Cc1ccc(NC(=O)c2cnn(S(C)(=O)=O)n2)c(Cl)c1.Cc1ccc(NC(=O)c2cnn(S(C)(=O)=O)n2)c(Cl)c1.Cc1ccc(NC(=O)c2cnn(S(C)(=O)=O)n2)c(F)c1.Cc1ccc(NC(=O)c2nn(S(C)(=O)=O)nc2F)c(Cl)c1.Cc1ccc(NC(=O)c2nn(S(C)(=O)=O)nc2F)c(Cl)c1.Cc1ccc(NC(=O)c2nn(S(C)(=O)=O)nc2F)c(F)c1. The first-order valence-corrected chi connectivity index (χ1v) is 45.8. The Kier molecular flexibility index (Phi) is 31.7. The summed E-state index contributed by atoms with van der Waals surface area (Å²) in [6.45, 7) is 10.7. The number of halogens is 9. The van der Waals surface area contributed by atoms with Crippen LogP contribution in [0.5, 0.6) is 0 Å². The van der Waals surface area contributed by atoms with Crippen LogP contribution in [0.2, 0.25) is 20.1 Å². The Morgan fingerprint density at radius 1 is 0.268 bits per heavy atom. The molecule has 0 saturated carbocycles. The molecule has 0 atom stereocenters. The van der Waals surface area contributed by atoms with E-state index < -0.39 is 142 Å². The van der Waals surface area contributed by atoms with Gasteiger partial charge in [0.1, 0.15) is 11.6 Å². The molecule has 0 saturated heterocycles. The van der Waals surface area contributed by atoms with E-state index in [1.54, 1.807) is 86.6 Å². The highest BCUT2D eigenvalue weighted by molar-refractivity contribution is 7.90. The largest absolute Gasteiger partial charge is 0.319 e. The molecule has 12 rings (SSSR count). The molecule has 6 amide bonds. The van der Waals surface area contributed by atoms with Crippen molar-refractivity contribution >= 4 is 176 Å². The third-order valence-electron chi connectivity index (χ3n) is 14.4. The van der Waals surface area contributed by atoms with Crippen LogP contribution in [-0.4, -0.2) is 210 Å². The smallest absolute Gasteiger partial charge is 0.281 e. The summed E-state index contributed by atoms with van der Waals surface area (Å²) in [6.07, 6.45) is 8.20. The molecule has 6 aromatic carbocycles. The van der Waals surface area contributed by atoms with E-state index in [-0.39, 0.29) is 62.5 Å². The van der Waals surface area contributed by atoms with Crippen LogP contribution in [0.1, 0.15) is 96.3 Å². The number of rotatable bonds is 18. The first-order valence-electron chi connectivity index (χ1n) is 33.2. The first kappa shape index (κ1) is 97.6. The van der Waals surface area contributed by atoms with Gasteiger partial charge in [0, 0.05) is 0 Å². The van der Waals surface area contributed by atoms with E-state index in [2.05, 4.69) is 93.1 Å². The Morgan fingerprint density at radius 2 is 0.455 bits per heavy atom. The molecule has 0 unspecified atom stereocenters. The zero-order valence-corrected chi connectivity index (χ0v) is 72.8. The van der Waals surface area contributed by atoms with Gasteiger partial charge in [-0.25, -0.2) is 59.3 Å². The van der Waals surface area contributed by atoms with Crippen molar-refractivity contribution in [3.63, 3.8) is 0 Å². The third kappa shape index (κ3) is 28.0. The van der Waals surface area contributed by atoms with Gasteiger partial charge in [-0.2, -0.15) is 13.2 Å². The lowest BCUT2D eigenvalue weighted by Crippen LogP contribution is -2.17. The normalized spacial score (nSPS) is 11.4. The molecule has 0 radical (unpaired) electrons. The van der Waals surface area contributed by atoms with Gasteiger partial charge in [0.05, 0.1) is 110 Å². The van der Waals surface area contributed by atoms with Crippen LogP contribution in [0.25, 0.3) is 0 Å². The molecular formula is C66H63Cl4F5N24O18S6. The van der Waals surface area contributed by atoms with E-state index >= 15 is 0 Å². The number of carbonyl (C=O) groups is 6. The molecule has 0 bridgehead atoms. The van der Waals surface area contributed by atoms with Crippen LogP contribution in [0, 0.1) is 71.0 Å². The fraction of sp³-hybridized carbons (Fsp3) is 0.182. The lowest BCUT2D eigenvalue weighted by atomic mass is 10.2. The monoisotopic (exact) mass is 1910 g/mol. The second-order valence-corrected chi connectivity index (χ2v) is 37.6. The first-order chi connectivity index (χ1) is 56.9. The number of anilines is 6. The Hall–Kier alpha value is -12.5. The molecule has 57 heteroatoms. The molecule has 0 aliphatic heterocycles.